The second-order valence-corrected chi connectivity index (χ2v) is 4.30. The van der Waals surface area contributed by atoms with Gasteiger partial charge in [0.1, 0.15) is 0 Å². The van der Waals surface area contributed by atoms with Gasteiger partial charge in [-0.15, -0.1) is 0 Å². The van der Waals surface area contributed by atoms with E-state index < -0.39 is 17.2 Å². The largest absolute Gasteiger partial charge is 0.313 e. The van der Waals surface area contributed by atoms with E-state index in [0.29, 0.717) is 12.0 Å². The first-order chi connectivity index (χ1) is 9.15. The van der Waals surface area contributed by atoms with E-state index in [0.717, 1.165) is 12.8 Å². The van der Waals surface area contributed by atoms with E-state index in [1.165, 1.54) is 24.7 Å². The summed E-state index contributed by atoms with van der Waals surface area (Å²) in [4.78, 5) is 17.6. The van der Waals surface area contributed by atoms with Gasteiger partial charge in [-0.25, -0.2) is 13.8 Å². The standard InChI is InChI=1S/C14H14F2N2O/c1-2-3-4-9-5-6-10(13(16)12(9)15)11-7-17-8-18-14(11)19/h5-8H,2-4H2,1H3,(H,17,18,19). The molecule has 0 aliphatic heterocycles. The lowest BCUT2D eigenvalue weighted by Crippen LogP contribution is -2.10. The highest BCUT2D eigenvalue weighted by Gasteiger charge is 2.16. The van der Waals surface area contributed by atoms with Crippen LogP contribution in [0.15, 0.2) is 29.5 Å². The Morgan fingerprint density at radius 1 is 1.21 bits per heavy atom. The molecular formula is C14H14F2N2O. The van der Waals surface area contributed by atoms with Crippen molar-refractivity contribution < 1.29 is 8.78 Å². The predicted octanol–water partition coefficient (Wildman–Crippen LogP) is 3.06. The summed E-state index contributed by atoms with van der Waals surface area (Å²) in [5, 5.41) is 0. The fourth-order valence-corrected chi connectivity index (χ4v) is 1.89. The molecule has 0 amide bonds. The second kappa shape index (κ2) is 5.73. The van der Waals surface area contributed by atoms with Crippen LogP contribution in [0.25, 0.3) is 11.1 Å². The van der Waals surface area contributed by atoms with E-state index in [9.17, 15) is 13.6 Å². The van der Waals surface area contributed by atoms with Crippen molar-refractivity contribution in [2.45, 2.75) is 26.2 Å². The molecule has 0 aliphatic carbocycles. The van der Waals surface area contributed by atoms with Crippen LogP contribution >= 0.6 is 0 Å². The Bertz CT molecular complexity index is 638. The zero-order valence-corrected chi connectivity index (χ0v) is 10.5. The summed E-state index contributed by atoms with van der Waals surface area (Å²) >= 11 is 0. The van der Waals surface area contributed by atoms with Crippen LogP contribution in [-0.4, -0.2) is 9.97 Å². The van der Waals surface area contributed by atoms with Crippen molar-refractivity contribution in [1.29, 1.82) is 0 Å². The van der Waals surface area contributed by atoms with Crippen molar-refractivity contribution >= 4 is 0 Å². The van der Waals surface area contributed by atoms with Crippen LogP contribution in [0.5, 0.6) is 0 Å². The Kier molecular flexibility index (Phi) is 4.04. The number of nitrogens with one attached hydrogen (secondary N) is 1. The summed E-state index contributed by atoms with van der Waals surface area (Å²) in [6.45, 7) is 1.98. The molecule has 100 valence electrons. The third kappa shape index (κ3) is 2.70. The monoisotopic (exact) mass is 264 g/mol. The molecule has 0 atom stereocenters. The van der Waals surface area contributed by atoms with Gasteiger partial charge in [0, 0.05) is 11.8 Å². The Morgan fingerprint density at radius 3 is 2.68 bits per heavy atom. The van der Waals surface area contributed by atoms with Crippen molar-refractivity contribution in [3.8, 4) is 11.1 Å². The van der Waals surface area contributed by atoms with Crippen molar-refractivity contribution in [2.75, 3.05) is 0 Å². The minimum absolute atomic E-state index is 0.0286. The van der Waals surface area contributed by atoms with Crippen LogP contribution < -0.4 is 5.56 Å². The first-order valence-corrected chi connectivity index (χ1v) is 6.15. The summed E-state index contributed by atoms with van der Waals surface area (Å²) in [7, 11) is 0. The first kappa shape index (κ1) is 13.4. The third-order valence-corrected chi connectivity index (χ3v) is 2.97. The van der Waals surface area contributed by atoms with E-state index >= 15 is 0 Å². The lowest BCUT2D eigenvalue weighted by atomic mass is 10.0. The average molecular weight is 264 g/mol. The summed E-state index contributed by atoms with van der Waals surface area (Å²) in [6, 6.07) is 2.95. The molecule has 0 saturated carbocycles. The zero-order valence-electron chi connectivity index (χ0n) is 10.5. The van der Waals surface area contributed by atoms with Crippen molar-refractivity contribution in [3.05, 3.63) is 52.2 Å². The molecule has 1 aromatic heterocycles. The fourth-order valence-electron chi connectivity index (χ4n) is 1.89. The Labute approximate surface area is 109 Å². The maximum atomic E-state index is 14.0. The Hall–Kier alpha value is -2.04. The highest BCUT2D eigenvalue weighted by molar-refractivity contribution is 5.62. The van der Waals surface area contributed by atoms with E-state index in [1.807, 2.05) is 6.92 Å². The topological polar surface area (TPSA) is 45.8 Å². The number of benzene rings is 1. The molecule has 0 spiro atoms. The summed E-state index contributed by atoms with van der Waals surface area (Å²) < 4.78 is 27.9. The number of aromatic nitrogens is 2. The molecule has 19 heavy (non-hydrogen) atoms. The van der Waals surface area contributed by atoms with Crippen molar-refractivity contribution in [3.63, 3.8) is 0 Å². The molecule has 5 heteroatoms. The molecule has 0 fully saturated rings. The lowest BCUT2D eigenvalue weighted by molar-refractivity contribution is 0.499. The molecule has 0 saturated heterocycles. The number of aryl methyl sites for hydroxylation is 1. The molecule has 2 aromatic rings. The molecule has 0 aliphatic rings. The molecule has 2 rings (SSSR count). The molecule has 1 aromatic carbocycles. The second-order valence-electron chi connectivity index (χ2n) is 4.30. The number of hydrogen-bond acceptors (Lipinski definition) is 2. The molecular weight excluding hydrogens is 250 g/mol. The van der Waals surface area contributed by atoms with Gasteiger partial charge in [0.15, 0.2) is 11.6 Å². The summed E-state index contributed by atoms with van der Waals surface area (Å²) in [5.74, 6) is -1.87. The predicted molar refractivity (Wildman–Crippen MR) is 68.8 cm³/mol. The van der Waals surface area contributed by atoms with Gasteiger partial charge in [-0.05, 0) is 18.4 Å². The van der Waals surface area contributed by atoms with Gasteiger partial charge < -0.3 is 4.98 Å². The lowest BCUT2D eigenvalue weighted by Gasteiger charge is -2.07. The Morgan fingerprint density at radius 2 is 2.00 bits per heavy atom. The smallest absolute Gasteiger partial charge is 0.258 e. The average Bonchev–Trinajstić information content (AvgIpc) is 2.42. The van der Waals surface area contributed by atoms with Crippen LogP contribution in [0.4, 0.5) is 8.78 Å². The van der Waals surface area contributed by atoms with Crippen LogP contribution in [0.1, 0.15) is 25.3 Å². The molecule has 0 unspecified atom stereocenters. The maximum absolute atomic E-state index is 14.0. The van der Waals surface area contributed by atoms with E-state index in [2.05, 4.69) is 9.97 Å². The van der Waals surface area contributed by atoms with Crippen LogP contribution in [0, 0.1) is 11.6 Å². The molecule has 1 N–H and O–H groups in total. The van der Waals surface area contributed by atoms with Crippen LogP contribution in [0.3, 0.4) is 0 Å². The van der Waals surface area contributed by atoms with Gasteiger partial charge in [0.25, 0.3) is 5.56 Å². The zero-order chi connectivity index (χ0) is 13.8. The number of H-pyrrole nitrogens is 1. The van der Waals surface area contributed by atoms with Gasteiger partial charge in [-0.3, -0.25) is 4.79 Å². The summed E-state index contributed by atoms with van der Waals surface area (Å²) in [5.41, 5.74) is -0.189. The molecule has 1 heterocycles. The van der Waals surface area contributed by atoms with E-state index in [1.54, 1.807) is 0 Å². The first-order valence-electron chi connectivity index (χ1n) is 6.15. The number of rotatable bonds is 4. The highest BCUT2D eigenvalue weighted by atomic mass is 19.2. The van der Waals surface area contributed by atoms with Crippen molar-refractivity contribution in [2.24, 2.45) is 0 Å². The minimum Gasteiger partial charge on any atom is -0.313 e. The molecule has 0 bridgehead atoms. The van der Waals surface area contributed by atoms with Gasteiger partial charge in [0.2, 0.25) is 0 Å². The van der Waals surface area contributed by atoms with E-state index in [4.69, 9.17) is 0 Å². The number of halogens is 2. The number of aromatic amines is 1. The van der Waals surface area contributed by atoms with Gasteiger partial charge in [-0.2, -0.15) is 0 Å². The van der Waals surface area contributed by atoms with Crippen LogP contribution in [0.2, 0.25) is 0 Å². The summed E-state index contributed by atoms with van der Waals surface area (Å²) in [6.07, 6.45) is 4.62. The Balaban J connectivity index is 2.47. The minimum atomic E-state index is -0.993. The molecule has 3 nitrogen and oxygen atoms in total. The number of hydrogen-bond donors (Lipinski definition) is 1. The highest BCUT2D eigenvalue weighted by Crippen LogP contribution is 2.24. The number of unbranched alkanes of at least 4 members (excludes halogenated alkanes) is 1. The van der Waals surface area contributed by atoms with Crippen molar-refractivity contribution in [1.82, 2.24) is 9.97 Å². The molecule has 0 radical (unpaired) electrons. The van der Waals surface area contributed by atoms with Gasteiger partial charge >= 0.3 is 0 Å². The maximum Gasteiger partial charge on any atom is 0.258 e. The van der Waals surface area contributed by atoms with Crippen LogP contribution in [-0.2, 0) is 6.42 Å². The SMILES string of the molecule is CCCCc1ccc(-c2cnc[nH]c2=O)c(F)c1F. The fraction of sp³-hybridized carbons (Fsp3) is 0.286. The van der Waals surface area contributed by atoms with Gasteiger partial charge in [0.05, 0.1) is 11.9 Å². The quantitative estimate of drug-likeness (QED) is 0.922. The third-order valence-electron chi connectivity index (χ3n) is 2.97. The normalized spacial score (nSPS) is 10.7. The number of nitrogens with zero attached hydrogens (tertiary/aromatic N) is 1. The van der Waals surface area contributed by atoms with Gasteiger partial charge in [-0.1, -0.05) is 25.5 Å². The van der Waals surface area contributed by atoms with E-state index in [-0.39, 0.29) is 11.1 Å².